The van der Waals surface area contributed by atoms with Crippen LogP contribution in [-0.4, -0.2) is 19.8 Å². The van der Waals surface area contributed by atoms with Gasteiger partial charge in [0.2, 0.25) is 0 Å². The summed E-state index contributed by atoms with van der Waals surface area (Å²) < 4.78 is 11.5. The molecule has 0 radical (unpaired) electrons. The SMILES string of the molecule is CCCCOCCCNCc1ccccc1OCc1ccc(Cl)c(Cl)c1. The molecule has 142 valence electrons. The van der Waals surface area contributed by atoms with Gasteiger partial charge in [-0.05, 0) is 43.1 Å². The summed E-state index contributed by atoms with van der Waals surface area (Å²) in [7, 11) is 0. The Labute approximate surface area is 166 Å². The highest BCUT2D eigenvalue weighted by atomic mass is 35.5. The van der Waals surface area contributed by atoms with E-state index in [1.807, 2.05) is 30.3 Å². The normalized spacial score (nSPS) is 10.9. The lowest BCUT2D eigenvalue weighted by Gasteiger charge is -2.13. The fourth-order valence-electron chi connectivity index (χ4n) is 2.45. The molecule has 3 nitrogen and oxygen atoms in total. The summed E-state index contributed by atoms with van der Waals surface area (Å²) in [5.74, 6) is 0.880. The maximum absolute atomic E-state index is 6.06. The minimum Gasteiger partial charge on any atom is -0.489 e. The number of rotatable bonds is 12. The van der Waals surface area contributed by atoms with Gasteiger partial charge in [0.25, 0.3) is 0 Å². The Kier molecular flexibility index (Phi) is 9.86. The Morgan fingerprint density at radius 1 is 0.962 bits per heavy atom. The van der Waals surface area contributed by atoms with Crippen molar-refractivity contribution in [3.63, 3.8) is 0 Å². The third-order valence-corrected chi connectivity index (χ3v) is 4.69. The van der Waals surface area contributed by atoms with Crippen molar-refractivity contribution in [3.05, 3.63) is 63.6 Å². The van der Waals surface area contributed by atoms with Gasteiger partial charge < -0.3 is 14.8 Å². The first-order valence-corrected chi connectivity index (χ1v) is 9.89. The lowest BCUT2D eigenvalue weighted by molar-refractivity contribution is 0.128. The minimum absolute atomic E-state index is 0.458. The van der Waals surface area contributed by atoms with Gasteiger partial charge in [-0.15, -0.1) is 0 Å². The van der Waals surface area contributed by atoms with E-state index in [9.17, 15) is 0 Å². The maximum atomic E-state index is 6.06. The number of ether oxygens (including phenoxy) is 2. The third kappa shape index (κ3) is 7.55. The molecule has 2 rings (SSSR count). The standard InChI is InChI=1S/C21H27Cl2NO2/c1-2-3-12-25-13-6-11-24-15-18-7-4-5-8-21(18)26-16-17-9-10-19(22)20(23)14-17/h4-5,7-10,14,24H,2-3,6,11-13,15-16H2,1H3. The molecule has 0 amide bonds. The van der Waals surface area contributed by atoms with Crippen molar-refractivity contribution in [2.24, 2.45) is 0 Å². The van der Waals surface area contributed by atoms with Crippen LogP contribution in [0.3, 0.4) is 0 Å². The first-order valence-electron chi connectivity index (χ1n) is 9.13. The van der Waals surface area contributed by atoms with Gasteiger partial charge in [0.05, 0.1) is 10.0 Å². The van der Waals surface area contributed by atoms with Gasteiger partial charge in [-0.3, -0.25) is 0 Å². The highest BCUT2D eigenvalue weighted by Crippen LogP contribution is 2.24. The lowest BCUT2D eigenvalue weighted by Crippen LogP contribution is -2.17. The van der Waals surface area contributed by atoms with Crippen molar-refractivity contribution < 1.29 is 9.47 Å². The van der Waals surface area contributed by atoms with E-state index in [0.29, 0.717) is 16.7 Å². The fraction of sp³-hybridized carbons (Fsp3) is 0.429. The molecule has 0 aliphatic rings. The van der Waals surface area contributed by atoms with Crippen LogP contribution in [0.4, 0.5) is 0 Å². The molecule has 0 aliphatic carbocycles. The van der Waals surface area contributed by atoms with Crippen LogP contribution in [0.2, 0.25) is 10.0 Å². The summed E-state index contributed by atoms with van der Waals surface area (Å²) in [5.41, 5.74) is 2.13. The van der Waals surface area contributed by atoms with Gasteiger partial charge in [0.1, 0.15) is 12.4 Å². The van der Waals surface area contributed by atoms with E-state index in [2.05, 4.69) is 18.3 Å². The van der Waals surface area contributed by atoms with Crippen molar-refractivity contribution in [2.45, 2.75) is 39.3 Å². The van der Waals surface area contributed by atoms with E-state index in [-0.39, 0.29) is 0 Å². The molecule has 0 saturated heterocycles. The quantitative estimate of drug-likeness (QED) is 0.455. The highest BCUT2D eigenvalue weighted by molar-refractivity contribution is 6.42. The summed E-state index contributed by atoms with van der Waals surface area (Å²) in [6.07, 6.45) is 3.32. The van der Waals surface area contributed by atoms with Crippen LogP contribution in [0, 0.1) is 0 Å². The number of hydrogen-bond donors (Lipinski definition) is 1. The largest absolute Gasteiger partial charge is 0.489 e. The van der Waals surface area contributed by atoms with Gasteiger partial charge in [0.15, 0.2) is 0 Å². The van der Waals surface area contributed by atoms with E-state index >= 15 is 0 Å². The molecule has 26 heavy (non-hydrogen) atoms. The van der Waals surface area contributed by atoms with Crippen LogP contribution < -0.4 is 10.1 Å². The van der Waals surface area contributed by atoms with Crippen LogP contribution in [0.15, 0.2) is 42.5 Å². The predicted octanol–water partition coefficient (Wildman–Crippen LogP) is 5.87. The summed E-state index contributed by atoms with van der Waals surface area (Å²) >= 11 is 12.0. The summed E-state index contributed by atoms with van der Waals surface area (Å²) in [6, 6.07) is 13.6. The molecule has 0 unspecified atom stereocenters. The van der Waals surface area contributed by atoms with Gasteiger partial charge in [0, 0.05) is 25.3 Å². The molecular formula is C21H27Cl2NO2. The van der Waals surface area contributed by atoms with Crippen molar-refractivity contribution in [3.8, 4) is 5.75 Å². The summed E-state index contributed by atoms with van der Waals surface area (Å²) in [4.78, 5) is 0. The Bertz CT molecular complexity index is 664. The predicted molar refractivity (Wildman–Crippen MR) is 109 cm³/mol. The van der Waals surface area contributed by atoms with Gasteiger partial charge in [-0.25, -0.2) is 0 Å². The van der Waals surface area contributed by atoms with Crippen molar-refractivity contribution in [1.29, 1.82) is 0 Å². The summed E-state index contributed by atoms with van der Waals surface area (Å²) in [5, 5.41) is 4.55. The Hall–Kier alpha value is -1.26. The zero-order valence-corrected chi connectivity index (χ0v) is 16.8. The molecule has 0 bridgehead atoms. The molecule has 5 heteroatoms. The maximum Gasteiger partial charge on any atom is 0.124 e. The number of halogens is 2. The number of hydrogen-bond acceptors (Lipinski definition) is 3. The number of nitrogens with one attached hydrogen (secondary N) is 1. The second-order valence-electron chi connectivity index (χ2n) is 6.14. The second kappa shape index (κ2) is 12.2. The molecule has 2 aromatic rings. The van der Waals surface area contributed by atoms with E-state index in [0.717, 1.165) is 56.0 Å². The number of para-hydroxylation sites is 1. The van der Waals surface area contributed by atoms with Crippen LogP contribution in [0.25, 0.3) is 0 Å². The first kappa shape index (κ1) is 21.0. The molecule has 0 aromatic heterocycles. The molecule has 0 fully saturated rings. The van der Waals surface area contributed by atoms with E-state index < -0.39 is 0 Å². The molecule has 0 heterocycles. The fourth-order valence-corrected chi connectivity index (χ4v) is 2.77. The summed E-state index contributed by atoms with van der Waals surface area (Å²) in [6.45, 7) is 6.00. The van der Waals surface area contributed by atoms with E-state index in [1.165, 1.54) is 6.42 Å². The molecule has 0 aliphatic heterocycles. The van der Waals surface area contributed by atoms with Crippen molar-refractivity contribution in [2.75, 3.05) is 19.8 Å². The zero-order chi connectivity index (χ0) is 18.6. The molecule has 1 N–H and O–H groups in total. The Balaban J connectivity index is 1.75. The minimum atomic E-state index is 0.458. The van der Waals surface area contributed by atoms with E-state index in [1.54, 1.807) is 6.07 Å². The smallest absolute Gasteiger partial charge is 0.124 e. The monoisotopic (exact) mass is 395 g/mol. The van der Waals surface area contributed by atoms with Crippen molar-refractivity contribution in [1.82, 2.24) is 5.32 Å². The van der Waals surface area contributed by atoms with E-state index in [4.69, 9.17) is 32.7 Å². The molecule has 0 saturated carbocycles. The molecule has 0 atom stereocenters. The van der Waals surface area contributed by atoms with Gasteiger partial charge in [-0.2, -0.15) is 0 Å². The topological polar surface area (TPSA) is 30.5 Å². The average molecular weight is 396 g/mol. The van der Waals surface area contributed by atoms with Crippen LogP contribution in [0.5, 0.6) is 5.75 Å². The molecular weight excluding hydrogens is 369 g/mol. The second-order valence-corrected chi connectivity index (χ2v) is 6.96. The van der Waals surface area contributed by atoms with Gasteiger partial charge in [-0.1, -0.05) is 60.8 Å². The average Bonchev–Trinajstić information content (AvgIpc) is 2.65. The third-order valence-electron chi connectivity index (χ3n) is 3.95. The lowest BCUT2D eigenvalue weighted by atomic mass is 10.2. The zero-order valence-electron chi connectivity index (χ0n) is 15.3. The van der Waals surface area contributed by atoms with Crippen LogP contribution in [-0.2, 0) is 17.9 Å². The highest BCUT2D eigenvalue weighted by Gasteiger charge is 2.05. The van der Waals surface area contributed by atoms with Crippen LogP contribution >= 0.6 is 23.2 Å². The molecule has 0 spiro atoms. The van der Waals surface area contributed by atoms with Gasteiger partial charge >= 0.3 is 0 Å². The number of unbranched alkanes of at least 4 members (excludes halogenated alkanes) is 1. The van der Waals surface area contributed by atoms with Crippen LogP contribution in [0.1, 0.15) is 37.3 Å². The Morgan fingerprint density at radius 2 is 1.77 bits per heavy atom. The first-order chi connectivity index (χ1) is 12.7. The van der Waals surface area contributed by atoms with Crippen molar-refractivity contribution >= 4 is 23.2 Å². The number of benzene rings is 2. The molecule has 2 aromatic carbocycles. The Morgan fingerprint density at radius 3 is 2.58 bits per heavy atom.